The van der Waals surface area contributed by atoms with Gasteiger partial charge in [-0.1, -0.05) is 42.5 Å². The number of amides is 1. The third-order valence-electron chi connectivity index (χ3n) is 4.43. The van der Waals surface area contributed by atoms with E-state index >= 15 is 0 Å². The molecule has 0 saturated heterocycles. The van der Waals surface area contributed by atoms with Crippen molar-refractivity contribution in [1.29, 1.82) is 0 Å². The lowest BCUT2D eigenvalue weighted by molar-refractivity contribution is 0.0411. The molecule has 1 aliphatic rings. The number of ether oxygens (including phenoxy) is 2. The Morgan fingerprint density at radius 1 is 1.15 bits per heavy atom. The Morgan fingerprint density at radius 3 is 2.85 bits per heavy atom. The van der Waals surface area contributed by atoms with E-state index in [1.807, 2.05) is 48.5 Å². The number of fused-ring (bicyclic) bond motifs is 1. The van der Waals surface area contributed by atoms with E-state index in [2.05, 4.69) is 16.4 Å². The minimum atomic E-state index is -0.295. The van der Waals surface area contributed by atoms with E-state index < -0.39 is 0 Å². The fraction of sp³-hybridized carbons (Fsp3) is 0.238. The minimum absolute atomic E-state index is 0.147. The van der Waals surface area contributed by atoms with Crippen LogP contribution < -0.4 is 10.1 Å². The number of hydrogen-bond donors (Lipinski definition) is 1. The van der Waals surface area contributed by atoms with Gasteiger partial charge in [0.2, 0.25) is 5.89 Å². The third kappa shape index (κ3) is 4.17. The zero-order chi connectivity index (χ0) is 18.5. The van der Waals surface area contributed by atoms with Crippen molar-refractivity contribution in [1.82, 2.24) is 10.3 Å². The number of nitrogens with zero attached hydrogens (tertiary/aromatic N) is 1. The predicted octanol–water partition coefficient (Wildman–Crippen LogP) is 3.30. The van der Waals surface area contributed by atoms with Crippen molar-refractivity contribution in [2.24, 2.45) is 0 Å². The summed E-state index contributed by atoms with van der Waals surface area (Å²) in [5, 5.41) is 2.87. The van der Waals surface area contributed by atoms with E-state index in [0.29, 0.717) is 19.0 Å². The second-order valence-corrected chi connectivity index (χ2v) is 6.25. The van der Waals surface area contributed by atoms with Crippen molar-refractivity contribution >= 4 is 5.91 Å². The molecule has 6 nitrogen and oxygen atoms in total. The van der Waals surface area contributed by atoms with Crippen LogP contribution >= 0.6 is 0 Å². The molecule has 0 unspecified atom stereocenters. The number of benzene rings is 2. The number of carbonyl (C=O) groups excluding carboxylic acids is 1. The van der Waals surface area contributed by atoms with Gasteiger partial charge < -0.3 is 19.2 Å². The lowest BCUT2D eigenvalue weighted by atomic mass is 9.97. The van der Waals surface area contributed by atoms with Crippen molar-refractivity contribution in [3.05, 3.63) is 83.6 Å². The van der Waals surface area contributed by atoms with E-state index in [4.69, 9.17) is 13.9 Å². The number of aromatic nitrogens is 1. The molecule has 2 heterocycles. The molecule has 1 aromatic heterocycles. The molecule has 1 N–H and O–H groups in total. The maximum atomic E-state index is 12.4. The van der Waals surface area contributed by atoms with Gasteiger partial charge >= 0.3 is 0 Å². The Morgan fingerprint density at radius 2 is 1.96 bits per heavy atom. The first kappa shape index (κ1) is 17.3. The monoisotopic (exact) mass is 364 g/mol. The summed E-state index contributed by atoms with van der Waals surface area (Å²) in [4.78, 5) is 16.5. The maximum Gasteiger partial charge on any atom is 0.273 e. The molecule has 138 valence electrons. The molecular formula is C21H20N2O4. The number of nitrogens with one attached hydrogen (secondary N) is 1. The Bertz CT molecular complexity index is 907. The van der Waals surface area contributed by atoms with Crippen LogP contribution in [0.1, 0.15) is 33.6 Å². The molecule has 27 heavy (non-hydrogen) atoms. The first-order valence-corrected chi connectivity index (χ1v) is 8.89. The van der Waals surface area contributed by atoms with Crippen LogP contribution in [0.15, 0.2) is 65.3 Å². The molecule has 0 fully saturated rings. The van der Waals surface area contributed by atoms with E-state index in [1.165, 1.54) is 11.8 Å². The van der Waals surface area contributed by atoms with Gasteiger partial charge in [0.1, 0.15) is 18.1 Å². The second-order valence-electron chi connectivity index (χ2n) is 6.25. The lowest BCUT2D eigenvalue weighted by Crippen LogP contribution is -2.32. The molecular weight excluding hydrogens is 344 g/mol. The number of rotatable bonds is 6. The SMILES string of the molecule is O=C(NC[C@H]1OCCc2ccccc21)c1coc(COc2ccccc2)n1. The molecule has 4 rings (SSSR count). The van der Waals surface area contributed by atoms with Crippen LogP contribution in [0.5, 0.6) is 5.75 Å². The molecule has 1 aliphatic heterocycles. The molecule has 0 radical (unpaired) electrons. The first-order valence-electron chi connectivity index (χ1n) is 8.89. The summed E-state index contributed by atoms with van der Waals surface area (Å²) in [6.07, 6.45) is 2.09. The zero-order valence-corrected chi connectivity index (χ0v) is 14.8. The van der Waals surface area contributed by atoms with Crippen LogP contribution in [-0.2, 0) is 17.8 Å². The number of carbonyl (C=O) groups is 1. The number of hydrogen-bond acceptors (Lipinski definition) is 5. The smallest absolute Gasteiger partial charge is 0.273 e. The van der Waals surface area contributed by atoms with Crippen LogP contribution in [0.4, 0.5) is 0 Å². The van der Waals surface area contributed by atoms with Gasteiger partial charge in [-0.2, -0.15) is 0 Å². The van der Waals surface area contributed by atoms with E-state index in [9.17, 15) is 4.79 Å². The minimum Gasteiger partial charge on any atom is -0.484 e. The van der Waals surface area contributed by atoms with Gasteiger partial charge in [0, 0.05) is 6.54 Å². The quantitative estimate of drug-likeness (QED) is 0.726. The van der Waals surface area contributed by atoms with Crippen molar-refractivity contribution in [2.45, 2.75) is 19.1 Å². The molecule has 1 atom stereocenters. The summed E-state index contributed by atoms with van der Waals surface area (Å²) in [5.74, 6) is 0.773. The third-order valence-corrected chi connectivity index (χ3v) is 4.43. The highest BCUT2D eigenvalue weighted by molar-refractivity contribution is 5.91. The Hall–Kier alpha value is -3.12. The van der Waals surface area contributed by atoms with Gasteiger partial charge in [-0.25, -0.2) is 4.98 Å². The standard InChI is InChI=1S/C21H20N2O4/c24-21(22-12-19-17-9-5-4-6-15(17)10-11-25-19)18-13-27-20(23-18)14-26-16-7-2-1-3-8-16/h1-9,13,19H,10-12,14H2,(H,22,24)/t19-/m1/s1. The summed E-state index contributed by atoms with van der Waals surface area (Å²) < 4.78 is 16.7. The van der Waals surface area contributed by atoms with Gasteiger partial charge in [-0.15, -0.1) is 0 Å². The highest BCUT2D eigenvalue weighted by Gasteiger charge is 2.22. The Labute approximate surface area is 157 Å². The molecule has 0 spiro atoms. The van der Waals surface area contributed by atoms with Crippen LogP contribution in [0.25, 0.3) is 0 Å². The van der Waals surface area contributed by atoms with Crippen molar-refractivity contribution < 1.29 is 18.7 Å². The van der Waals surface area contributed by atoms with Crippen LogP contribution in [0.2, 0.25) is 0 Å². The first-order chi connectivity index (χ1) is 13.3. The molecule has 0 bridgehead atoms. The largest absolute Gasteiger partial charge is 0.484 e. The summed E-state index contributed by atoms with van der Waals surface area (Å²) in [6, 6.07) is 17.5. The molecule has 1 amide bonds. The van der Waals surface area contributed by atoms with E-state index in [0.717, 1.165) is 17.7 Å². The average molecular weight is 364 g/mol. The fourth-order valence-electron chi connectivity index (χ4n) is 3.06. The summed E-state index contributed by atoms with van der Waals surface area (Å²) in [5.41, 5.74) is 2.62. The molecule has 2 aromatic carbocycles. The Kier molecular flexibility index (Phi) is 5.16. The maximum absolute atomic E-state index is 12.4. The van der Waals surface area contributed by atoms with Gasteiger partial charge in [-0.05, 0) is 29.7 Å². The average Bonchev–Trinajstić information content (AvgIpc) is 3.20. The molecule has 0 saturated carbocycles. The predicted molar refractivity (Wildman–Crippen MR) is 98.4 cm³/mol. The molecule has 0 aliphatic carbocycles. The van der Waals surface area contributed by atoms with Crippen LogP contribution in [0.3, 0.4) is 0 Å². The van der Waals surface area contributed by atoms with Gasteiger partial charge in [-0.3, -0.25) is 4.79 Å². The van der Waals surface area contributed by atoms with Gasteiger partial charge in [0.25, 0.3) is 5.91 Å². The van der Waals surface area contributed by atoms with Crippen LogP contribution in [-0.4, -0.2) is 24.0 Å². The fourth-order valence-corrected chi connectivity index (χ4v) is 3.06. The number of para-hydroxylation sites is 1. The highest BCUT2D eigenvalue weighted by Crippen LogP contribution is 2.26. The topological polar surface area (TPSA) is 73.6 Å². The molecule has 3 aromatic rings. The van der Waals surface area contributed by atoms with Gasteiger partial charge in [0.15, 0.2) is 12.3 Å². The highest BCUT2D eigenvalue weighted by atomic mass is 16.5. The van der Waals surface area contributed by atoms with Gasteiger partial charge in [0.05, 0.1) is 6.61 Å². The summed E-state index contributed by atoms with van der Waals surface area (Å²) >= 11 is 0. The summed E-state index contributed by atoms with van der Waals surface area (Å²) in [7, 11) is 0. The lowest BCUT2D eigenvalue weighted by Gasteiger charge is -2.26. The van der Waals surface area contributed by atoms with Crippen molar-refractivity contribution in [2.75, 3.05) is 13.2 Å². The second kappa shape index (κ2) is 8.05. The van der Waals surface area contributed by atoms with Crippen molar-refractivity contribution in [3.63, 3.8) is 0 Å². The van der Waals surface area contributed by atoms with Crippen molar-refractivity contribution in [3.8, 4) is 5.75 Å². The Balaban J connectivity index is 1.32. The zero-order valence-electron chi connectivity index (χ0n) is 14.8. The molecule has 6 heteroatoms. The van der Waals surface area contributed by atoms with E-state index in [-0.39, 0.29) is 24.3 Å². The normalized spacial score (nSPS) is 15.8. The number of oxazole rings is 1. The van der Waals surface area contributed by atoms with E-state index in [1.54, 1.807) is 0 Å². The summed E-state index contributed by atoms with van der Waals surface area (Å²) in [6.45, 7) is 1.21. The van der Waals surface area contributed by atoms with Crippen LogP contribution in [0, 0.1) is 0 Å².